The van der Waals surface area contributed by atoms with E-state index in [0.717, 1.165) is 5.56 Å². The topological polar surface area (TPSA) is 58.1 Å². The smallest absolute Gasteiger partial charge is 0.355 e. The van der Waals surface area contributed by atoms with Crippen LogP contribution in [0.1, 0.15) is 24.1 Å². The zero-order valence-electron chi connectivity index (χ0n) is 16.5. The van der Waals surface area contributed by atoms with E-state index in [4.69, 9.17) is 11.6 Å². The molecular weight excluding hydrogens is 429 g/mol. The molecule has 1 aliphatic rings. The number of amides is 1. The van der Waals surface area contributed by atoms with Crippen molar-refractivity contribution in [1.29, 1.82) is 0 Å². The van der Waals surface area contributed by atoms with Gasteiger partial charge in [0.1, 0.15) is 0 Å². The molecule has 1 N–H and O–H groups in total. The van der Waals surface area contributed by atoms with Gasteiger partial charge < -0.3 is 10.2 Å². The summed E-state index contributed by atoms with van der Waals surface area (Å²) < 4.78 is 40.9. The van der Waals surface area contributed by atoms with Crippen molar-refractivity contribution in [3.05, 3.63) is 64.8 Å². The molecule has 0 saturated carbocycles. The highest BCUT2D eigenvalue weighted by Gasteiger charge is 2.39. The van der Waals surface area contributed by atoms with Crippen LogP contribution in [0.4, 0.5) is 19.0 Å². The van der Waals surface area contributed by atoms with Crippen molar-refractivity contribution in [2.24, 2.45) is 5.92 Å². The summed E-state index contributed by atoms with van der Waals surface area (Å²) in [5.41, 5.74) is 0.510. The van der Waals surface area contributed by atoms with Gasteiger partial charge in [0.2, 0.25) is 5.91 Å². The Morgan fingerprint density at radius 3 is 2.39 bits per heavy atom. The van der Waals surface area contributed by atoms with Gasteiger partial charge in [0.05, 0.1) is 11.0 Å². The molecule has 3 aromatic rings. The maximum Gasteiger partial charge on any atom is 0.437 e. The number of aromatic nitrogens is 2. The van der Waals surface area contributed by atoms with E-state index in [9.17, 15) is 18.0 Å². The number of para-hydroxylation sites is 2. The third-order valence-electron chi connectivity index (χ3n) is 5.34. The fourth-order valence-corrected chi connectivity index (χ4v) is 3.95. The molecule has 2 heterocycles. The molecule has 0 spiro atoms. The number of halogens is 4. The maximum absolute atomic E-state index is 13.6. The minimum absolute atomic E-state index is 0.111. The third kappa shape index (κ3) is 4.90. The first-order valence-corrected chi connectivity index (χ1v) is 10.3. The highest BCUT2D eigenvalue weighted by atomic mass is 35.5. The van der Waals surface area contributed by atoms with Crippen LogP contribution in [0.3, 0.4) is 0 Å². The van der Waals surface area contributed by atoms with Crippen LogP contribution in [0.2, 0.25) is 5.02 Å². The van der Waals surface area contributed by atoms with Crippen LogP contribution in [0.15, 0.2) is 48.5 Å². The second-order valence-electron chi connectivity index (χ2n) is 7.49. The number of piperidine rings is 1. The van der Waals surface area contributed by atoms with Gasteiger partial charge in [-0.05, 0) is 42.7 Å². The second-order valence-corrected chi connectivity index (χ2v) is 7.93. The average molecular weight is 449 g/mol. The van der Waals surface area contributed by atoms with Crippen molar-refractivity contribution in [3.63, 3.8) is 0 Å². The molecule has 1 aliphatic heterocycles. The molecule has 0 aliphatic carbocycles. The van der Waals surface area contributed by atoms with Gasteiger partial charge in [-0.25, -0.2) is 9.97 Å². The van der Waals surface area contributed by atoms with Crippen LogP contribution in [0.25, 0.3) is 11.0 Å². The number of hydrogen-bond donors (Lipinski definition) is 1. The summed E-state index contributed by atoms with van der Waals surface area (Å²) in [6, 6.07) is 13.7. The largest absolute Gasteiger partial charge is 0.437 e. The van der Waals surface area contributed by atoms with Gasteiger partial charge in [-0.15, -0.1) is 0 Å². The first-order chi connectivity index (χ1) is 14.8. The van der Waals surface area contributed by atoms with Crippen molar-refractivity contribution < 1.29 is 18.0 Å². The number of anilines is 1. The first kappa shape index (κ1) is 21.4. The minimum atomic E-state index is -4.61. The van der Waals surface area contributed by atoms with Crippen LogP contribution < -0.4 is 10.2 Å². The highest BCUT2D eigenvalue weighted by Crippen LogP contribution is 2.36. The average Bonchev–Trinajstić information content (AvgIpc) is 2.76. The van der Waals surface area contributed by atoms with Crippen LogP contribution >= 0.6 is 11.6 Å². The van der Waals surface area contributed by atoms with Gasteiger partial charge in [0, 0.05) is 30.6 Å². The molecule has 0 atom stereocenters. The summed E-state index contributed by atoms with van der Waals surface area (Å²) in [5, 5.41) is 3.48. The van der Waals surface area contributed by atoms with Crippen LogP contribution in [0.5, 0.6) is 0 Å². The van der Waals surface area contributed by atoms with Gasteiger partial charge in [-0.2, -0.15) is 13.2 Å². The second kappa shape index (κ2) is 8.70. The molecule has 1 amide bonds. The number of nitrogens with zero attached hydrogens (tertiary/aromatic N) is 3. The fraction of sp³-hybridized carbons (Fsp3) is 0.318. The Morgan fingerprint density at radius 2 is 1.74 bits per heavy atom. The van der Waals surface area contributed by atoms with E-state index in [2.05, 4.69) is 15.3 Å². The molecule has 162 valence electrons. The van der Waals surface area contributed by atoms with E-state index in [1.807, 2.05) is 12.1 Å². The first-order valence-electron chi connectivity index (χ1n) is 9.92. The number of carbonyl (C=O) groups excluding carboxylic acids is 1. The van der Waals surface area contributed by atoms with E-state index in [0.29, 0.717) is 43.0 Å². The molecule has 5 nitrogen and oxygen atoms in total. The molecule has 0 radical (unpaired) electrons. The van der Waals surface area contributed by atoms with Gasteiger partial charge >= 0.3 is 6.18 Å². The fourth-order valence-electron chi connectivity index (χ4n) is 3.74. The summed E-state index contributed by atoms with van der Waals surface area (Å²) in [7, 11) is 0. The van der Waals surface area contributed by atoms with E-state index < -0.39 is 11.9 Å². The Balaban J connectivity index is 1.44. The molecule has 4 rings (SSSR count). The standard InChI is InChI=1S/C22H20ClF3N4O/c23-16-5-3-4-14(12-16)13-27-21(31)15-8-10-30(11-9-15)20-19(22(24,25)26)28-17-6-1-2-7-18(17)29-20/h1-7,12,15H,8-11,13H2,(H,27,31). The third-order valence-corrected chi connectivity index (χ3v) is 5.58. The van der Waals surface area contributed by atoms with E-state index >= 15 is 0 Å². The van der Waals surface area contributed by atoms with E-state index in [1.165, 1.54) is 6.07 Å². The quantitative estimate of drug-likeness (QED) is 0.620. The van der Waals surface area contributed by atoms with Crippen molar-refractivity contribution >= 4 is 34.4 Å². The lowest BCUT2D eigenvalue weighted by molar-refractivity contribution is -0.140. The molecule has 9 heteroatoms. The summed E-state index contributed by atoms with van der Waals surface area (Å²) in [5.74, 6) is -0.553. The Bertz CT molecular complexity index is 1100. The number of rotatable bonds is 4. The van der Waals surface area contributed by atoms with Crippen molar-refractivity contribution in [2.45, 2.75) is 25.6 Å². The summed E-state index contributed by atoms with van der Waals surface area (Å²) in [4.78, 5) is 22.2. The summed E-state index contributed by atoms with van der Waals surface area (Å²) in [6.07, 6.45) is -3.74. The lowest BCUT2D eigenvalue weighted by Crippen LogP contribution is -2.41. The van der Waals surface area contributed by atoms with Crippen LogP contribution in [0, 0.1) is 5.92 Å². The molecule has 31 heavy (non-hydrogen) atoms. The van der Waals surface area contributed by atoms with Gasteiger partial charge in [-0.3, -0.25) is 4.79 Å². The lowest BCUT2D eigenvalue weighted by Gasteiger charge is -2.33. The monoisotopic (exact) mass is 448 g/mol. The van der Waals surface area contributed by atoms with Crippen LogP contribution in [-0.4, -0.2) is 29.0 Å². The number of fused-ring (bicyclic) bond motifs is 1. The lowest BCUT2D eigenvalue weighted by atomic mass is 9.95. The Kier molecular flexibility index (Phi) is 6.00. The molecule has 1 saturated heterocycles. The van der Waals surface area contributed by atoms with Crippen LogP contribution in [-0.2, 0) is 17.5 Å². The molecule has 0 unspecified atom stereocenters. The zero-order chi connectivity index (χ0) is 22.0. The number of alkyl halides is 3. The minimum Gasteiger partial charge on any atom is -0.355 e. The SMILES string of the molecule is O=C(NCc1cccc(Cl)c1)C1CCN(c2nc3ccccc3nc2C(F)(F)F)CC1. The van der Waals surface area contributed by atoms with Gasteiger partial charge in [0.15, 0.2) is 11.5 Å². The number of benzene rings is 2. The van der Waals surface area contributed by atoms with Crippen molar-refractivity contribution in [3.8, 4) is 0 Å². The van der Waals surface area contributed by atoms with E-state index in [1.54, 1.807) is 35.2 Å². The molecular formula is C22H20ClF3N4O. The van der Waals surface area contributed by atoms with Crippen molar-refractivity contribution in [1.82, 2.24) is 15.3 Å². The normalized spacial score (nSPS) is 15.3. The summed E-state index contributed by atoms with van der Waals surface area (Å²) in [6.45, 7) is 0.949. The highest BCUT2D eigenvalue weighted by molar-refractivity contribution is 6.30. The van der Waals surface area contributed by atoms with Gasteiger partial charge in [0.25, 0.3) is 0 Å². The number of hydrogen-bond acceptors (Lipinski definition) is 4. The molecule has 2 aromatic carbocycles. The Morgan fingerprint density at radius 1 is 1.06 bits per heavy atom. The van der Waals surface area contributed by atoms with Gasteiger partial charge in [-0.1, -0.05) is 35.9 Å². The molecule has 1 fully saturated rings. The molecule has 0 bridgehead atoms. The van der Waals surface area contributed by atoms with Crippen molar-refractivity contribution in [2.75, 3.05) is 18.0 Å². The molecule has 1 aromatic heterocycles. The van der Waals surface area contributed by atoms with E-state index in [-0.39, 0.29) is 23.2 Å². The summed E-state index contributed by atoms with van der Waals surface area (Å²) >= 11 is 5.95. The maximum atomic E-state index is 13.6. The number of carbonyl (C=O) groups is 1. The Labute approximate surface area is 182 Å². The zero-order valence-corrected chi connectivity index (χ0v) is 17.2. The predicted octanol–water partition coefficient (Wildman–Crippen LogP) is 4.83. The number of nitrogens with one attached hydrogen (secondary N) is 1. The Hall–Kier alpha value is -2.87. The predicted molar refractivity (Wildman–Crippen MR) is 113 cm³/mol.